The summed E-state index contributed by atoms with van der Waals surface area (Å²) in [5.74, 6) is 0. The van der Waals surface area contributed by atoms with Gasteiger partial charge < -0.3 is 4.74 Å². The van der Waals surface area contributed by atoms with Crippen molar-refractivity contribution in [2.45, 2.75) is 39.5 Å². The number of aromatic nitrogens is 2. The largest absolute Gasteiger partial charge is 0.444 e. The second-order valence-corrected chi connectivity index (χ2v) is 6.23. The zero-order valence-corrected chi connectivity index (χ0v) is 13.7. The molecule has 24 heavy (non-hydrogen) atoms. The molecule has 0 aliphatic heterocycles. The minimum atomic E-state index is -4.71. The van der Waals surface area contributed by atoms with Crippen LogP contribution in [0, 0.1) is 6.92 Å². The number of hydrogen-bond acceptors (Lipinski definition) is 3. The predicted molar refractivity (Wildman–Crippen MR) is 83.2 cm³/mol. The third-order valence-electron chi connectivity index (χ3n) is 3.02. The standard InChI is InChI=1S/C16H18F3N3O2/c1-10-7-5-6-8-12(10)22-13(16(17,18)19)11(9-20-22)21-14(23)24-15(2,3)4/h5-9H,1-4H3,(H,21,23). The summed E-state index contributed by atoms with van der Waals surface area (Å²) in [5.41, 5.74) is -1.45. The molecule has 0 saturated heterocycles. The quantitative estimate of drug-likeness (QED) is 0.872. The van der Waals surface area contributed by atoms with Crippen LogP contribution in [-0.2, 0) is 10.9 Å². The molecule has 0 fully saturated rings. The molecule has 130 valence electrons. The lowest BCUT2D eigenvalue weighted by Gasteiger charge is -2.20. The van der Waals surface area contributed by atoms with Crippen LogP contribution in [0.25, 0.3) is 5.69 Å². The van der Waals surface area contributed by atoms with Crippen LogP contribution >= 0.6 is 0 Å². The third-order valence-corrected chi connectivity index (χ3v) is 3.02. The average Bonchev–Trinajstić information content (AvgIpc) is 2.80. The van der Waals surface area contributed by atoms with E-state index in [-0.39, 0.29) is 5.69 Å². The SMILES string of the molecule is Cc1ccccc1-n1ncc(NC(=O)OC(C)(C)C)c1C(F)(F)F. The monoisotopic (exact) mass is 341 g/mol. The number of alkyl halides is 3. The van der Waals surface area contributed by atoms with Gasteiger partial charge in [0.05, 0.1) is 17.6 Å². The highest BCUT2D eigenvalue weighted by atomic mass is 19.4. The Labute approximate surface area is 137 Å². The first-order valence-electron chi connectivity index (χ1n) is 7.20. The van der Waals surface area contributed by atoms with Crippen molar-refractivity contribution in [2.75, 3.05) is 5.32 Å². The number of para-hydroxylation sites is 1. The maximum absolute atomic E-state index is 13.5. The van der Waals surface area contributed by atoms with Gasteiger partial charge in [0.1, 0.15) is 5.60 Å². The highest BCUT2D eigenvalue weighted by Crippen LogP contribution is 2.36. The van der Waals surface area contributed by atoms with Crippen LogP contribution in [0.1, 0.15) is 32.0 Å². The van der Waals surface area contributed by atoms with Crippen molar-refractivity contribution in [1.82, 2.24) is 9.78 Å². The number of rotatable bonds is 2. The van der Waals surface area contributed by atoms with Crippen LogP contribution in [0.4, 0.5) is 23.7 Å². The van der Waals surface area contributed by atoms with Crippen molar-refractivity contribution in [3.05, 3.63) is 41.7 Å². The predicted octanol–water partition coefficient (Wildman–Crippen LogP) is 4.55. The van der Waals surface area contributed by atoms with E-state index in [9.17, 15) is 18.0 Å². The van der Waals surface area contributed by atoms with E-state index in [0.29, 0.717) is 5.56 Å². The highest BCUT2D eigenvalue weighted by molar-refractivity contribution is 5.85. The lowest BCUT2D eigenvalue weighted by Crippen LogP contribution is -2.28. The number of amides is 1. The molecule has 0 aliphatic carbocycles. The number of halogens is 3. The first-order chi connectivity index (χ1) is 11.0. The Bertz CT molecular complexity index is 746. The highest BCUT2D eigenvalue weighted by Gasteiger charge is 2.39. The molecule has 5 nitrogen and oxygen atoms in total. The van der Waals surface area contributed by atoms with Crippen LogP contribution in [0.5, 0.6) is 0 Å². The van der Waals surface area contributed by atoms with E-state index in [2.05, 4.69) is 10.4 Å². The Balaban J connectivity index is 2.45. The maximum Gasteiger partial charge on any atom is 0.435 e. The lowest BCUT2D eigenvalue weighted by atomic mass is 10.2. The third kappa shape index (κ3) is 4.06. The van der Waals surface area contributed by atoms with Crippen molar-refractivity contribution in [1.29, 1.82) is 0 Å². The van der Waals surface area contributed by atoms with Crippen LogP contribution < -0.4 is 5.32 Å². The molecule has 2 aromatic rings. The molecule has 0 spiro atoms. The Hall–Kier alpha value is -2.51. The molecule has 2 rings (SSSR count). The summed E-state index contributed by atoms with van der Waals surface area (Å²) >= 11 is 0. The average molecular weight is 341 g/mol. The van der Waals surface area contributed by atoms with E-state index >= 15 is 0 Å². The first kappa shape index (κ1) is 17.8. The van der Waals surface area contributed by atoms with E-state index in [1.165, 1.54) is 6.07 Å². The number of ether oxygens (including phenoxy) is 1. The van der Waals surface area contributed by atoms with Crippen LogP contribution in [0.15, 0.2) is 30.5 Å². The van der Waals surface area contributed by atoms with Crippen LogP contribution in [0.2, 0.25) is 0 Å². The minimum absolute atomic E-state index is 0.280. The lowest BCUT2D eigenvalue weighted by molar-refractivity contribution is -0.142. The molecule has 0 bridgehead atoms. The first-order valence-corrected chi connectivity index (χ1v) is 7.20. The summed E-state index contributed by atoms with van der Waals surface area (Å²) in [6, 6.07) is 6.54. The fourth-order valence-corrected chi connectivity index (χ4v) is 2.11. The molecule has 0 radical (unpaired) electrons. The summed E-state index contributed by atoms with van der Waals surface area (Å²) in [6.45, 7) is 6.54. The molecule has 0 atom stereocenters. The summed E-state index contributed by atoms with van der Waals surface area (Å²) in [6.07, 6.45) is -4.72. The van der Waals surface area contributed by atoms with Crippen LogP contribution in [-0.4, -0.2) is 21.5 Å². The molecule has 1 aromatic carbocycles. The van der Waals surface area contributed by atoms with Gasteiger partial charge in [0, 0.05) is 0 Å². The van der Waals surface area contributed by atoms with Gasteiger partial charge in [-0.25, -0.2) is 9.48 Å². The number of nitrogens with zero attached hydrogens (tertiary/aromatic N) is 2. The molecule has 1 heterocycles. The molecule has 8 heteroatoms. The van der Waals surface area contributed by atoms with Gasteiger partial charge in [-0.05, 0) is 39.3 Å². The molecule has 0 unspecified atom stereocenters. The number of carbonyl (C=O) groups excluding carboxylic acids is 1. The minimum Gasteiger partial charge on any atom is -0.444 e. The second kappa shape index (κ2) is 6.18. The summed E-state index contributed by atoms with van der Waals surface area (Å²) in [7, 11) is 0. The summed E-state index contributed by atoms with van der Waals surface area (Å²) < 4.78 is 46.2. The Morgan fingerprint density at radius 3 is 2.38 bits per heavy atom. The van der Waals surface area contributed by atoms with E-state index in [1.807, 2.05) is 0 Å². The van der Waals surface area contributed by atoms with E-state index in [4.69, 9.17) is 4.74 Å². The summed E-state index contributed by atoms with van der Waals surface area (Å²) in [4.78, 5) is 11.8. The summed E-state index contributed by atoms with van der Waals surface area (Å²) in [5, 5.41) is 5.91. The van der Waals surface area contributed by atoms with Crippen molar-refractivity contribution in [3.8, 4) is 5.69 Å². The van der Waals surface area contributed by atoms with Gasteiger partial charge in [0.15, 0.2) is 5.69 Å². The molecule has 1 N–H and O–H groups in total. The fraction of sp³-hybridized carbons (Fsp3) is 0.375. The normalized spacial score (nSPS) is 12.1. The second-order valence-electron chi connectivity index (χ2n) is 6.23. The Morgan fingerprint density at radius 1 is 1.21 bits per heavy atom. The molecule has 1 aromatic heterocycles. The van der Waals surface area contributed by atoms with E-state index < -0.39 is 29.3 Å². The van der Waals surface area contributed by atoms with Gasteiger partial charge in [-0.1, -0.05) is 18.2 Å². The molecule has 0 saturated carbocycles. The number of anilines is 1. The maximum atomic E-state index is 13.5. The molecular weight excluding hydrogens is 323 g/mol. The number of carbonyl (C=O) groups is 1. The topological polar surface area (TPSA) is 56.2 Å². The van der Waals surface area contributed by atoms with Crippen molar-refractivity contribution < 1.29 is 22.7 Å². The smallest absolute Gasteiger partial charge is 0.435 e. The van der Waals surface area contributed by atoms with Gasteiger partial charge >= 0.3 is 12.3 Å². The van der Waals surface area contributed by atoms with E-state index in [1.54, 1.807) is 45.9 Å². The Morgan fingerprint density at radius 2 is 1.83 bits per heavy atom. The Kier molecular flexibility index (Phi) is 4.59. The fourth-order valence-electron chi connectivity index (χ4n) is 2.11. The van der Waals surface area contributed by atoms with Gasteiger partial charge in [-0.15, -0.1) is 0 Å². The zero-order valence-electron chi connectivity index (χ0n) is 13.7. The van der Waals surface area contributed by atoms with Gasteiger partial charge in [0.2, 0.25) is 0 Å². The molecular formula is C16H18F3N3O2. The van der Waals surface area contributed by atoms with Crippen LogP contribution in [0.3, 0.4) is 0 Å². The van der Waals surface area contributed by atoms with Gasteiger partial charge in [-0.2, -0.15) is 18.3 Å². The van der Waals surface area contributed by atoms with Crippen molar-refractivity contribution >= 4 is 11.8 Å². The molecule has 0 aliphatic rings. The number of aryl methyl sites for hydroxylation is 1. The van der Waals surface area contributed by atoms with Gasteiger partial charge in [0.25, 0.3) is 0 Å². The molecule has 1 amide bonds. The number of benzene rings is 1. The number of hydrogen-bond donors (Lipinski definition) is 1. The van der Waals surface area contributed by atoms with Gasteiger partial charge in [-0.3, -0.25) is 5.32 Å². The van der Waals surface area contributed by atoms with E-state index in [0.717, 1.165) is 10.9 Å². The van der Waals surface area contributed by atoms with Crippen molar-refractivity contribution in [2.24, 2.45) is 0 Å². The van der Waals surface area contributed by atoms with Crippen molar-refractivity contribution in [3.63, 3.8) is 0 Å². The zero-order chi connectivity index (χ0) is 18.1. The number of nitrogens with one attached hydrogen (secondary N) is 1.